The minimum absolute atomic E-state index is 0.0434. The molecule has 1 amide bonds. The molecule has 0 bridgehead atoms. The van der Waals surface area contributed by atoms with Gasteiger partial charge in [0, 0.05) is 6.04 Å². The maximum Gasteiger partial charge on any atom is 0.262 e. The van der Waals surface area contributed by atoms with Crippen molar-refractivity contribution < 1.29 is 9.53 Å². The van der Waals surface area contributed by atoms with Gasteiger partial charge in [0.15, 0.2) is 0 Å². The second-order valence-electron chi connectivity index (χ2n) is 4.35. The first-order valence-electron chi connectivity index (χ1n) is 6.28. The summed E-state index contributed by atoms with van der Waals surface area (Å²) < 4.78 is 5.91. The first-order valence-corrected chi connectivity index (χ1v) is 7.07. The number of nitriles is 1. The van der Waals surface area contributed by atoms with Gasteiger partial charge in [0.25, 0.3) is 5.91 Å². The zero-order chi connectivity index (χ0) is 15.1. The second kappa shape index (κ2) is 7.71. The summed E-state index contributed by atoms with van der Waals surface area (Å²) in [7, 11) is 1.58. The second-order valence-corrected chi connectivity index (χ2v) is 5.20. The number of nitrogens with zero attached hydrogens (tertiary/aromatic N) is 1. The van der Waals surface area contributed by atoms with E-state index in [1.807, 2.05) is 19.9 Å². The van der Waals surface area contributed by atoms with Crippen LogP contribution in [0.2, 0.25) is 0 Å². The Morgan fingerprint density at radius 1 is 1.60 bits per heavy atom. The van der Waals surface area contributed by atoms with Gasteiger partial charge in [-0.1, -0.05) is 13.0 Å². The summed E-state index contributed by atoms with van der Waals surface area (Å²) in [6.45, 7) is 3.87. The molecule has 0 heterocycles. The lowest BCUT2D eigenvalue weighted by Gasteiger charge is -2.10. The molecule has 1 aromatic rings. The van der Waals surface area contributed by atoms with Crippen LogP contribution in [0.25, 0.3) is 6.08 Å². The van der Waals surface area contributed by atoms with Crippen molar-refractivity contribution in [3.8, 4) is 11.8 Å². The molecule has 0 aromatic heterocycles. The van der Waals surface area contributed by atoms with Crippen LogP contribution in [0.5, 0.6) is 5.75 Å². The largest absolute Gasteiger partial charge is 0.496 e. The fraction of sp³-hybridized carbons (Fsp3) is 0.333. The molecule has 1 rings (SSSR count). The number of halogens is 1. The number of carbonyl (C=O) groups is 1. The number of carbonyl (C=O) groups excluding carboxylic acids is 1. The van der Waals surface area contributed by atoms with E-state index in [0.717, 1.165) is 16.5 Å². The summed E-state index contributed by atoms with van der Waals surface area (Å²) in [4.78, 5) is 11.9. The molecule has 0 fully saturated rings. The van der Waals surface area contributed by atoms with Gasteiger partial charge in [-0.3, -0.25) is 4.79 Å². The van der Waals surface area contributed by atoms with Gasteiger partial charge in [-0.15, -0.1) is 0 Å². The molecule has 0 saturated carbocycles. The Morgan fingerprint density at radius 2 is 2.30 bits per heavy atom. The highest BCUT2D eigenvalue weighted by molar-refractivity contribution is 9.10. The van der Waals surface area contributed by atoms with Crippen LogP contribution in [0, 0.1) is 11.3 Å². The van der Waals surface area contributed by atoms with Gasteiger partial charge in [0.2, 0.25) is 0 Å². The molecule has 0 radical (unpaired) electrons. The van der Waals surface area contributed by atoms with Crippen molar-refractivity contribution in [3.05, 3.63) is 33.8 Å². The van der Waals surface area contributed by atoms with Crippen LogP contribution in [0.15, 0.2) is 28.2 Å². The van der Waals surface area contributed by atoms with Crippen LogP contribution in [0.4, 0.5) is 0 Å². The van der Waals surface area contributed by atoms with Crippen LogP contribution in [-0.4, -0.2) is 19.1 Å². The quantitative estimate of drug-likeness (QED) is 0.662. The van der Waals surface area contributed by atoms with Gasteiger partial charge in [-0.05, 0) is 53.0 Å². The lowest BCUT2D eigenvalue weighted by atomic mass is 10.1. The predicted molar refractivity (Wildman–Crippen MR) is 82.2 cm³/mol. The number of ether oxygens (including phenoxy) is 1. The van der Waals surface area contributed by atoms with Crippen molar-refractivity contribution in [2.75, 3.05) is 7.11 Å². The zero-order valence-corrected chi connectivity index (χ0v) is 13.3. The van der Waals surface area contributed by atoms with Crippen molar-refractivity contribution in [2.45, 2.75) is 26.3 Å². The van der Waals surface area contributed by atoms with E-state index in [1.54, 1.807) is 31.4 Å². The molecule has 0 unspecified atom stereocenters. The Labute approximate surface area is 127 Å². The van der Waals surface area contributed by atoms with Gasteiger partial charge in [0.05, 0.1) is 11.6 Å². The minimum Gasteiger partial charge on any atom is -0.496 e. The average Bonchev–Trinajstić information content (AvgIpc) is 2.44. The third-order valence-corrected chi connectivity index (χ3v) is 3.46. The topological polar surface area (TPSA) is 62.1 Å². The van der Waals surface area contributed by atoms with E-state index in [4.69, 9.17) is 10.00 Å². The molecule has 1 aromatic carbocycles. The third-order valence-electron chi connectivity index (χ3n) is 2.84. The molecule has 0 aliphatic carbocycles. The van der Waals surface area contributed by atoms with Gasteiger partial charge in [0.1, 0.15) is 17.4 Å². The first kappa shape index (κ1) is 16.3. The van der Waals surface area contributed by atoms with E-state index in [1.165, 1.54) is 0 Å². The van der Waals surface area contributed by atoms with Crippen LogP contribution < -0.4 is 10.1 Å². The van der Waals surface area contributed by atoms with E-state index in [2.05, 4.69) is 21.2 Å². The number of amides is 1. The van der Waals surface area contributed by atoms with Crippen molar-refractivity contribution in [1.29, 1.82) is 5.26 Å². The Hall–Kier alpha value is -1.80. The fourth-order valence-corrected chi connectivity index (χ4v) is 2.05. The van der Waals surface area contributed by atoms with Crippen LogP contribution in [0.3, 0.4) is 0 Å². The molecule has 4 nitrogen and oxygen atoms in total. The number of nitrogens with one attached hydrogen (secondary N) is 1. The van der Waals surface area contributed by atoms with E-state index < -0.39 is 0 Å². The van der Waals surface area contributed by atoms with Gasteiger partial charge in [-0.2, -0.15) is 5.26 Å². The molecule has 0 saturated heterocycles. The summed E-state index contributed by atoms with van der Waals surface area (Å²) in [6.07, 6.45) is 2.38. The number of rotatable bonds is 5. The summed E-state index contributed by atoms with van der Waals surface area (Å²) in [5.74, 6) is 0.346. The normalized spacial score (nSPS) is 12.4. The van der Waals surface area contributed by atoms with Crippen LogP contribution >= 0.6 is 15.9 Å². The van der Waals surface area contributed by atoms with Crippen LogP contribution in [0.1, 0.15) is 25.8 Å². The minimum atomic E-state index is -0.353. The lowest BCUT2D eigenvalue weighted by Crippen LogP contribution is -2.32. The summed E-state index contributed by atoms with van der Waals surface area (Å²) >= 11 is 3.37. The number of methoxy groups -OCH3 is 1. The smallest absolute Gasteiger partial charge is 0.262 e. The van der Waals surface area contributed by atoms with E-state index in [0.29, 0.717) is 5.75 Å². The average molecular weight is 337 g/mol. The molecular weight excluding hydrogens is 320 g/mol. The number of hydrogen-bond acceptors (Lipinski definition) is 3. The monoisotopic (exact) mass is 336 g/mol. The Balaban J connectivity index is 2.97. The fourth-order valence-electron chi connectivity index (χ4n) is 1.49. The van der Waals surface area contributed by atoms with Gasteiger partial charge >= 0.3 is 0 Å². The highest BCUT2D eigenvalue weighted by Crippen LogP contribution is 2.26. The predicted octanol–water partition coefficient (Wildman–Crippen LogP) is 3.28. The van der Waals surface area contributed by atoms with Crippen molar-refractivity contribution in [3.63, 3.8) is 0 Å². The molecule has 1 atom stereocenters. The SMILES string of the molecule is CC[C@H](C)NC(=O)/C(C#N)=C/c1ccc(OC)c(Br)c1. The van der Waals surface area contributed by atoms with E-state index in [-0.39, 0.29) is 17.5 Å². The van der Waals surface area contributed by atoms with Crippen molar-refractivity contribution in [1.82, 2.24) is 5.32 Å². The van der Waals surface area contributed by atoms with Crippen molar-refractivity contribution >= 4 is 27.9 Å². The molecular formula is C15H17BrN2O2. The maximum atomic E-state index is 11.9. The van der Waals surface area contributed by atoms with Gasteiger partial charge < -0.3 is 10.1 Å². The van der Waals surface area contributed by atoms with Crippen LogP contribution in [-0.2, 0) is 4.79 Å². The van der Waals surface area contributed by atoms with Crippen molar-refractivity contribution in [2.24, 2.45) is 0 Å². The Bertz CT molecular complexity index is 561. The number of benzene rings is 1. The third kappa shape index (κ3) is 4.39. The molecule has 20 heavy (non-hydrogen) atoms. The van der Waals surface area contributed by atoms with E-state index in [9.17, 15) is 4.79 Å². The Kier molecular flexibility index (Phi) is 6.26. The molecule has 0 aliphatic heterocycles. The molecule has 0 spiro atoms. The summed E-state index contributed by atoms with van der Waals surface area (Å²) in [5.41, 5.74) is 0.843. The molecule has 106 valence electrons. The number of hydrogen-bond donors (Lipinski definition) is 1. The molecule has 0 aliphatic rings. The lowest BCUT2D eigenvalue weighted by molar-refractivity contribution is -0.117. The Morgan fingerprint density at radius 3 is 2.80 bits per heavy atom. The maximum absolute atomic E-state index is 11.9. The zero-order valence-electron chi connectivity index (χ0n) is 11.7. The highest BCUT2D eigenvalue weighted by atomic mass is 79.9. The van der Waals surface area contributed by atoms with E-state index >= 15 is 0 Å². The summed E-state index contributed by atoms with van der Waals surface area (Å²) in [6, 6.07) is 7.34. The molecule has 1 N–H and O–H groups in total. The standard InChI is InChI=1S/C15H17BrN2O2/c1-4-10(2)18-15(19)12(9-17)7-11-5-6-14(20-3)13(16)8-11/h5-8,10H,4H2,1-3H3,(H,18,19)/b12-7+/t10-/m0/s1. The highest BCUT2D eigenvalue weighted by Gasteiger charge is 2.11. The van der Waals surface area contributed by atoms with Gasteiger partial charge in [-0.25, -0.2) is 0 Å². The molecule has 5 heteroatoms. The summed E-state index contributed by atoms with van der Waals surface area (Å²) in [5, 5.41) is 11.9. The first-order chi connectivity index (χ1) is 9.51.